The maximum absolute atomic E-state index is 13.6. The molecule has 0 bridgehead atoms. The van der Waals surface area contributed by atoms with Gasteiger partial charge in [0.25, 0.3) is 11.8 Å². The van der Waals surface area contributed by atoms with Crippen LogP contribution in [-0.4, -0.2) is 11.8 Å². The summed E-state index contributed by atoms with van der Waals surface area (Å²) in [6.45, 7) is 5.19. The number of nitrogens with one attached hydrogen (secondary N) is 1. The number of aryl methyl sites for hydroxylation is 2. The molecule has 1 aliphatic rings. The first-order chi connectivity index (χ1) is 17.5. The minimum Gasteiger partial charge on any atom is -0.347 e. The highest BCUT2D eigenvalue weighted by Gasteiger charge is 2.29. The van der Waals surface area contributed by atoms with Gasteiger partial charge in [-0.3, -0.25) is 9.59 Å². The number of anilines is 1. The van der Waals surface area contributed by atoms with E-state index >= 15 is 0 Å². The Balaban J connectivity index is 1.37. The van der Waals surface area contributed by atoms with Gasteiger partial charge in [0, 0.05) is 15.3 Å². The molecule has 180 valence electrons. The molecule has 1 aromatic heterocycles. The molecule has 2 amide bonds. The van der Waals surface area contributed by atoms with Crippen LogP contribution in [0.3, 0.4) is 0 Å². The van der Waals surface area contributed by atoms with E-state index in [1.54, 1.807) is 23.5 Å². The van der Waals surface area contributed by atoms with E-state index in [1.165, 1.54) is 22.9 Å². The van der Waals surface area contributed by atoms with Crippen molar-refractivity contribution >= 4 is 46.7 Å². The van der Waals surface area contributed by atoms with Crippen molar-refractivity contribution < 1.29 is 9.59 Å². The van der Waals surface area contributed by atoms with Crippen molar-refractivity contribution in [2.45, 2.75) is 31.8 Å². The average Bonchev–Trinajstić information content (AvgIpc) is 3.41. The number of nitrogens with zero attached hydrogens (tertiary/aromatic N) is 1. The van der Waals surface area contributed by atoms with E-state index < -0.39 is 0 Å². The third-order valence-corrected chi connectivity index (χ3v) is 8.09. The summed E-state index contributed by atoms with van der Waals surface area (Å²) in [5.74, 6) is -0.128. The zero-order chi connectivity index (χ0) is 25.1. The molecule has 3 aromatic carbocycles. The molecular formula is C30H26N2O2S2. The first-order valence-corrected chi connectivity index (χ1v) is 13.4. The number of amides is 2. The van der Waals surface area contributed by atoms with Crippen molar-refractivity contribution in [3.8, 4) is 0 Å². The van der Waals surface area contributed by atoms with Gasteiger partial charge in [-0.2, -0.15) is 0 Å². The summed E-state index contributed by atoms with van der Waals surface area (Å²) in [7, 11) is 0. The van der Waals surface area contributed by atoms with Crippen LogP contribution in [0.2, 0.25) is 0 Å². The second-order valence-electron chi connectivity index (χ2n) is 8.78. The molecule has 4 aromatic rings. The van der Waals surface area contributed by atoms with Crippen molar-refractivity contribution in [1.29, 1.82) is 0 Å². The monoisotopic (exact) mass is 510 g/mol. The minimum atomic E-state index is -0.112. The van der Waals surface area contributed by atoms with E-state index in [4.69, 9.17) is 0 Å². The van der Waals surface area contributed by atoms with Crippen LogP contribution in [0.5, 0.6) is 0 Å². The summed E-state index contributed by atoms with van der Waals surface area (Å²) in [5.41, 5.74) is 5.90. The Morgan fingerprint density at radius 3 is 2.56 bits per heavy atom. The van der Waals surface area contributed by atoms with Crippen LogP contribution in [0, 0.1) is 13.8 Å². The molecule has 0 radical (unpaired) electrons. The largest absolute Gasteiger partial charge is 0.347 e. The Bertz CT molecular complexity index is 1440. The summed E-state index contributed by atoms with van der Waals surface area (Å²) < 4.78 is 0. The number of hydrogen-bond acceptors (Lipinski definition) is 4. The Morgan fingerprint density at radius 1 is 0.972 bits per heavy atom. The molecule has 4 nitrogen and oxygen atoms in total. The highest BCUT2D eigenvalue weighted by Crippen LogP contribution is 2.42. The summed E-state index contributed by atoms with van der Waals surface area (Å²) in [6, 6.07) is 25.7. The average molecular weight is 511 g/mol. The normalized spacial score (nSPS) is 14.1. The van der Waals surface area contributed by atoms with Gasteiger partial charge in [0.05, 0.1) is 23.7 Å². The molecule has 1 N–H and O–H groups in total. The van der Waals surface area contributed by atoms with Gasteiger partial charge in [0.1, 0.15) is 0 Å². The molecule has 6 heteroatoms. The van der Waals surface area contributed by atoms with E-state index in [0.717, 1.165) is 26.6 Å². The smallest absolute Gasteiger partial charge is 0.265 e. The van der Waals surface area contributed by atoms with Crippen molar-refractivity contribution in [2.75, 3.05) is 4.90 Å². The number of fused-ring (bicyclic) bond motifs is 1. The van der Waals surface area contributed by atoms with Gasteiger partial charge in [-0.15, -0.1) is 11.3 Å². The molecule has 0 fully saturated rings. The van der Waals surface area contributed by atoms with Crippen molar-refractivity contribution in [3.05, 3.63) is 122 Å². The third kappa shape index (κ3) is 5.30. The molecule has 5 rings (SSSR count). The van der Waals surface area contributed by atoms with Gasteiger partial charge >= 0.3 is 0 Å². The van der Waals surface area contributed by atoms with Crippen LogP contribution in [0.15, 0.2) is 94.0 Å². The van der Waals surface area contributed by atoms with Gasteiger partial charge in [-0.05, 0) is 72.3 Å². The predicted molar refractivity (Wildman–Crippen MR) is 149 cm³/mol. The molecule has 2 heterocycles. The fourth-order valence-corrected chi connectivity index (χ4v) is 5.83. The molecule has 0 saturated heterocycles. The van der Waals surface area contributed by atoms with Crippen molar-refractivity contribution in [3.63, 3.8) is 0 Å². The second-order valence-corrected chi connectivity index (χ2v) is 10.9. The van der Waals surface area contributed by atoms with E-state index in [1.807, 2.05) is 58.8 Å². The standard InChI is InChI=1S/C30H26N2O2S2/c1-20-9-10-21(2)24(16-20)19-32-26-7-3-4-8-27(26)36-28(30(32)34)17-22-11-13-23(14-12-22)29(33)31-18-25-6-5-15-35-25/h3-17H,18-19H2,1-2H3,(H,31,33). The van der Waals surface area contributed by atoms with E-state index in [0.29, 0.717) is 23.6 Å². The zero-order valence-corrected chi connectivity index (χ0v) is 21.8. The highest BCUT2D eigenvalue weighted by molar-refractivity contribution is 8.04. The lowest BCUT2D eigenvalue weighted by atomic mass is 10.0. The number of carbonyl (C=O) groups excluding carboxylic acids is 2. The van der Waals surface area contributed by atoms with Gasteiger partial charge in [0.2, 0.25) is 0 Å². The fourth-order valence-electron chi connectivity index (χ4n) is 4.12. The zero-order valence-electron chi connectivity index (χ0n) is 20.2. The number of thioether (sulfide) groups is 1. The highest BCUT2D eigenvalue weighted by atomic mass is 32.2. The molecule has 0 atom stereocenters. The molecule has 1 aliphatic heterocycles. The van der Waals surface area contributed by atoms with Crippen LogP contribution in [-0.2, 0) is 17.9 Å². The van der Waals surface area contributed by atoms with Crippen LogP contribution in [0.1, 0.15) is 37.5 Å². The van der Waals surface area contributed by atoms with Crippen LogP contribution >= 0.6 is 23.1 Å². The first-order valence-electron chi connectivity index (χ1n) is 11.7. The maximum Gasteiger partial charge on any atom is 0.265 e. The molecule has 0 spiro atoms. The summed E-state index contributed by atoms with van der Waals surface area (Å²) in [6.07, 6.45) is 1.91. The SMILES string of the molecule is Cc1ccc(C)c(CN2C(=O)C(=Cc3ccc(C(=O)NCc4cccs4)cc3)Sc3ccccc32)c1. The van der Waals surface area contributed by atoms with Crippen molar-refractivity contribution in [1.82, 2.24) is 5.32 Å². The van der Waals surface area contributed by atoms with E-state index in [9.17, 15) is 9.59 Å². The minimum absolute atomic E-state index is 0.0163. The number of para-hydroxylation sites is 1. The molecule has 0 aliphatic carbocycles. The number of carbonyl (C=O) groups is 2. The summed E-state index contributed by atoms with van der Waals surface area (Å²) in [5, 5.41) is 4.94. The van der Waals surface area contributed by atoms with Crippen LogP contribution in [0.4, 0.5) is 5.69 Å². The lowest BCUT2D eigenvalue weighted by molar-refractivity contribution is -0.114. The number of hydrogen-bond donors (Lipinski definition) is 1. The number of benzene rings is 3. The van der Waals surface area contributed by atoms with Gasteiger partial charge < -0.3 is 10.2 Å². The van der Waals surface area contributed by atoms with E-state index in [-0.39, 0.29) is 11.8 Å². The lowest BCUT2D eigenvalue weighted by Gasteiger charge is -2.31. The second kappa shape index (κ2) is 10.6. The lowest BCUT2D eigenvalue weighted by Crippen LogP contribution is -2.34. The van der Waals surface area contributed by atoms with Gasteiger partial charge in [0.15, 0.2) is 0 Å². The summed E-state index contributed by atoms with van der Waals surface area (Å²) in [4.78, 5) is 30.8. The quantitative estimate of drug-likeness (QED) is 0.285. The Morgan fingerprint density at radius 2 is 1.78 bits per heavy atom. The van der Waals surface area contributed by atoms with Gasteiger partial charge in [-0.25, -0.2) is 0 Å². The number of rotatable bonds is 6. The predicted octanol–water partition coefficient (Wildman–Crippen LogP) is 6.97. The molecule has 0 saturated carbocycles. The van der Waals surface area contributed by atoms with Gasteiger partial charge in [-0.1, -0.05) is 65.9 Å². The molecular weight excluding hydrogens is 484 g/mol. The Kier molecular flexibility index (Phi) is 7.07. The maximum atomic E-state index is 13.6. The number of thiophene rings is 1. The molecule has 0 unspecified atom stereocenters. The van der Waals surface area contributed by atoms with Crippen LogP contribution < -0.4 is 10.2 Å². The Hall–Kier alpha value is -3.61. The topological polar surface area (TPSA) is 49.4 Å². The van der Waals surface area contributed by atoms with Crippen molar-refractivity contribution in [2.24, 2.45) is 0 Å². The van der Waals surface area contributed by atoms with Crippen LogP contribution in [0.25, 0.3) is 6.08 Å². The Labute approximate surface area is 219 Å². The first kappa shape index (κ1) is 24.1. The summed E-state index contributed by atoms with van der Waals surface area (Å²) >= 11 is 3.11. The third-order valence-electron chi connectivity index (χ3n) is 6.14. The van der Waals surface area contributed by atoms with E-state index in [2.05, 4.69) is 43.4 Å². The molecule has 36 heavy (non-hydrogen) atoms. The fraction of sp³-hybridized carbons (Fsp3) is 0.133.